The average molecular weight is 228 g/mol. The van der Waals surface area contributed by atoms with Gasteiger partial charge in [-0.3, -0.25) is 0 Å². The zero-order valence-corrected chi connectivity index (χ0v) is 9.94. The van der Waals surface area contributed by atoms with Gasteiger partial charge in [0, 0.05) is 12.2 Å². The Kier molecular flexibility index (Phi) is 8.21. The van der Waals surface area contributed by atoms with Crippen molar-refractivity contribution >= 4 is 11.9 Å². The number of carboxylic acid groups (broad SMARTS) is 1. The van der Waals surface area contributed by atoms with Crippen molar-refractivity contribution in [2.75, 3.05) is 6.61 Å². The maximum absolute atomic E-state index is 10.9. The molecule has 0 aliphatic carbocycles. The fraction of sp³-hybridized carbons (Fsp3) is 0.667. The van der Waals surface area contributed by atoms with Gasteiger partial charge in [0.15, 0.2) is 0 Å². The summed E-state index contributed by atoms with van der Waals surface area (Å²) in [6.07, 6.45) is 5.90. The molecule has 0 spiro atoms. The maximum atomic E-state index is 10.9. The first-order valence-corrected chi connectivity index (χ1v) is 5.60. The van der Waals surface area contributed by atoms with Gasteiger partial charge >= 0.3 is 11.9 Å². The van der Waals surface area contributed by atoms with Gasteiger partial charge in [-0.1, -0.05) is 33.1 Å². The molecule has 16 heavy (non-hydrogen) atoms. The fourth-order valence-corrected chi connectivity index (χ4v) is 1.19. The minimum Gasteiger partial charge on any atom is -0.478 e. The third-order valence-electron chi connectivity index (χ3n) is 2.03. The van der Waals surface area contributed by atoms with Gasteiger partial charge in [0.1, 0.15) is 0 Å². The van der Waals surface area contributed by atoms with E-state index in [1.807, 2.05) is 0 Å². The average Bonchev–Trinajstić information content (AvgIpc) is 2.19. The first-order chi connectivity index (χ1) is 7.52. The standard InChI is InChI=1S/C12H20O4/c1-10(2)6-4-3-5-9-16-12(15)8-7-11(13)14/h7-8,10H,3-6,9H2,1-2H3,(H,13,14). The van der Waals surface area contributed by atoms with Crippen molar-refractivity contribution in [2.45, 2.75) is 39.5 Å². The first-order valence-electron chi connectivity index (χ1n) is 5.60. The molecule has 0 atom stereocenters. The van der Waals surface area contributed by atoms with E-state index in [4.69, 9.17) is 9.84 Å². The second kappa shape index (κ2) is 8.95. The van der Waals surface area contributed by atoms with Gasteiger partial charge in [0.2, 0.25) is 0 Å². The molecule has 0 saturated carbocycles. The van der Waals surface area contributed by atoms with Crippen LogP contribution in [-0.4, -0.2) is 23.7 Å². The Labute approximate surface area is 96.3 Å². The van der Waals surface area contributed by atoms with Crippen molar-refractivity contribution in [1.29, 1.82) is 0 Å². The Hall–Kier alpha value is -1.32. The summed E-state index contributed by atoms with van der Waals surface area (Å²) in [7, 11) is 0. The second-order valence-electron chi connectivity index (χ2n) is 4.08. The molecule has 0 heterocycles. The van der Waals surface area contributed by atoms with Crippen LogP contribution in [-0.2, 0) is 14.3 Å². The van der Waals surface area contributed by atoms with Crippen LogP contribution in [0.1, 0.15) is 39.5 Å². The normalized spacial score (nSPS) is 10.9. The minimum absolute atomic E-state index is 0.362. The van der Waals surface area contributed by atoms with E-state index in [9.17, 15) is 9.59 Å². The first kappa shape index (κ1) is 14.7. The number of rotatable bonds is 8. The number of unbranched alkanes of at least 4 members (excludes halogenated alkanes) is 2. The number of carbonyl (C=O) groups excluding carboxylic acids is 1. The van der Waals surface area contributed by atoms with Gasteiger partial charge in [-0.15, -0.1) is 0 Å². The molecule has 1 N–H and O–H groups in total. The van der Waals surface area contributed by atoms with Gasteiger partial charge in [0.05, 0.1) is 6.61 Å². The number of carboxylic acids is 1. The number of esters is 1. The number of hydrogen-bond acceptors (Lipinski definition) is 3. The summed E-state index contributed by atoms with van der Waals surface area (Å²) < 4.78 is 4.81. The lowest BCUT2D eigenvalue weighted by Gasteiger charge is -2.04. The quantitative estimate of drug-likeness (QED) is 0.393. The van der Waals surface area contributed by atoms with E-state index < -0.39 is 11.9 Å². The summed E-state index contributed by atoms with van der Waals surface area (Å²) in [6.45, 7) is 4.72. The highest BCUT2D eigenvalue weighted by Gasteiger charge is 1.98. The van der Waals surface area contributed by atoms with Crippen LogP contribution in [0, 0.1) is 5.92 Å². The predicted octanol–water partition coefficient (Wildman–Crippen LogP) is 2.39. The lowest BCUT2D eigenvalue weighted by atomic mass is 10.1. The lowest BCUT2D eigenvalue weighted by Crippen LogP contribution is -2.03. The van der Waals surface area contributed by atoms with Crippen molar-refractivity contribution in [2.24, 2.45) is 5.92 Å². The molecule has 0 saturated heterocycles. The van der Waals surface area contributed by atoms with Crippen molar-refractivity contribution in [3.05, 3.63) is 12.2 Å². The summed E-state index contributed by atoms with van der Waals surface area (Å²) in [5.41, 5.74) is 0. The summed E-state index contributed by atoms with van der Waals surface area (Å²) in [6, 6.07) is 0. The van der Waals surface area contributed by atoms with E-state index in [-0.39, 0.29) is 0 Å². The maximum Gasteiger partial charge on any atom is 0.331 e. The van der Waals surface area contributed by atoms with E-state index in [0.29, 0.717) is 12.5 Å². The molecule has 0 bridgehead atoms. The van der Waals surface area contributed by atoms with Crippen LogP contribution in [0.5, 0.6) is 0 Å². The van der Waals surface area contributed by atoms with Crippen LogP contribution < -0.4 is 0 Å². The van der Waals surface area contributed by atoms with Crippen molar-refractivity contribution in [1.82, 2.24) is 0 Å². The molecule has 0 aliphatic heterocycles. The van der Waals surface area contributed by atoms with Crippen LogP contribution >= 0.6 is 0 Å². The molecule has 0 unspecified atom stereocenters. The topological polar surface area (TPSA) is 63.6 Å². The molecule has 0 rings (SSSR count). The molecule has 0 aromatic rings. The molecule has 0 aromatic carbocycles. The number of hydrogen-bond donors (Lipinski definition) is 1. The van der Waals surface area contributed by atoms with Crippen LogP contribution in [0.3, 0.4) is 0 Å². The largest absolute Gasteiger partial charge is 0.478 e. The van der Waals surface area contributed by atoms with Gasteiger partial charge in [-0.05, 0) is 12.3 Å². The van der Waals surface area contributed by atoms with Gasteiger partial charge in [-0.2, -0.15) is 0 Å². The van der Waals surface area contributed by atoms with E-state index in [2.05, 4.69) is 13.8 Å². The molecule has 0 radical (unpaired) electrons. The highest BCUT2D eigenvalue weighted by atomic mass is 16.5. The fourth-order valence-electron chi connectivity index (χ4n) is 1.19. The van der Waals surface area contributed by atoms with E-state index in [0.717, 1.165) is 31.4 Å². The molecule has 0 aliphatic rings. The van der Waals surface area contributed by atoms with Crippen molar-refractivity contribution < 1.29 is 19.4 Å². The molecule has 0 aromatic heterocycles. The van der Waals surface area contributed by atoms with E-state index >= 15 is 0 Å². The van der Waals surface area contributed by atoms with Gasteiger partial charge in [0.25, 0.3) is 0 Å². The molecule has 4 nitrogen and oxygen atoms in total. The van der Waals surface area contributed by atoms with Gasteiger partial charge < -0.3 is 9.84 Å². The predicted molar refractivity (Wildman–Crippen MR) is 61.0 cm³/mol. The number of carbonyl (C=O) groups is 2. The van der Waals surface area contributed by atoms with Crippen molar-refractivity contribution in [3.63, 3.8) is 0 Å². The highest BCUT2D eigenvalue weighted by Crippen LogP contribution is 2.07. The van der Waals surface area contributed by atoms with E-state index in [1.54, 1.807) is 0 Å². The molecule has 0 amide bonds. The number of aliphatic carboxylic acids is 1. The van der Waals surface area contributed by atoms with Crippen LogP contribution in [0.2, 0.25) is 0 Å². The third kappa shape index (κ3) is 10.8. The zero-order chi connectivity index (χ0) is 12.4. The van der Waals surface area contributed by atoms with Gasteiger partial charge in [-0.25, -0.2) is 9.59 Å². The highest BCUT2D eigenvalue weighted by molar-refractivity contribution is 5.90. The molecular weight excluding hydrogens is 208 g/mol. The molecule has 4 heteroatoms. The summed E-state index contributed by atoms with van der Waals surface area (Å²) in [5, 5.41) is 8.26. The Morgan fingerprint density at radius 3 is 2.44 bits per heavy atom. The summed E-state index contributed by atoms with van der Waals surface area (Å²) in [5.74, 6) is -1.03. The van der Waals surface area contributed by atoms with Crippen LogP contribution in [0.4, 0.5) is 0 Å². The Balaban J connectivity index is 3.38. The lowest BCUT2D eigenvalue weighted by molar-refractivity contribution is -0.138. The number of ether oxygens (including phenoxy) is 1. The van der Waals surface area contributed by atoms with E-state index in [1.165, 1.54) is 6.42 Å². The van der Waals surface area contributed by atoms with Crippen LogP contribution in [0.25, 0.3) is 0 Å². The Morgan fingerprint density at radius 2 is 1.88 bits per heavy atom. The smallest absolute Gasteiger partial charge is 0.331 e. The SMILES string of the molecule is CC(C)CCCCCOC(=O)C=CC(=O)O. The molecule has 0 fully saturated rings. The molecule has 92 valence electrons. The zero-order valence-electron chi connectivity index (χ0n) is 9.94. The Bertz CT molecular complexity index is 243. The Morgan fingerprint density at radius 1 is 1.19 bits per heavy atom. The second-order valence-corrected chi connectivity index (χ2v) is 4.08. The monoisotopic (exact) mass is 228 g/mol. The van der Waals surface area contributed by atoms with Crippen LogP contribution in [0.15, 0.2) is 12.2 Å². The summed E-state index contributed by atoms with van der Waals surface area (Å²) >= 11 is 0. The third-order valence-corrected chi connectivity index (χ3v) is 2.03. The molecular formula is C12H20O4. The minimum atomic E-state index is -1.14. The summed E-state index contributed by atoms with van der Waals surface area (Å²) in [4.78, 5) is 21.0. The van der Waals surface area contributed by atoms with Crippen molar-refractivity contribution in [3.8, 4) is 0 Å².